The Balaban J connectivity index is 1.62. The second kappa shape index (κ2) is 9.64. The van der Waals surface area contributed by atoms with Gasteiger partial charge in [-0.25, -0.2) is 9.78 Å². The summed E-state index contributed by atoms with van der Waals surface area (Å²) in [6, 6.07) is 21.5. The minimum absolute atomic E-state index is 0.00457. The summed E-state index contributed by atoms with van der Waals surface area (Å²) in [5.41, 5.74) is 16.2. The van der Waals surface area contributed by atoms with E-state index in [4.69, 9.17) is 22.0 Å². The van der Waals surface area contributed by atoms with E-state index >= 15 is 0 Å². The van der Waals surface area contributed by atoms with Crippen LogP contribution in [-0.4, -0.2) is 26.5 Å². The van der Waals surface area contributed by atoms with Crippen molar-refractivity contribution in [2.75, 3.05) is 5.73 Å². The molecule has 4 rings (SSSR count). The van der Waals surface area contributed by atoms with Crippen molar-refractivity contribution in [3.63, 3.8) is 0 Å². The number of carboxylic acid groups (broad SMARTS) is 1. The molecule has 0 amide bonds. The molecular formula is C27H25N5O3. The maximum Gasteiger partial charge on any atom is 0.335 e. The first-order valence-corrected chi connectivity index (χ1v) is 11.0. The summed E-state index contributed by atoms with van der Waals surface area (Å²) in [5.74, 6) is -0.332. The molecule has 0 bridgehead atoms. The summed E-state index contributed by atoms with van der Waals surface area (Å²) >= 11 is 0. The van der Waals surface area contributed by atoms with Gasteiger partial charge in [0.05, 0.1) is 17.7 Å². The van der Waals surface area contributed by atoms with Crippen molar-refractivity contribution in [2.24, 2.45) is 5.73 Å². The number of nitrogens with one attached hydrogen (secondary N) is 1. The Kier molecular flexibility index (Phi) is 6.46. The first-order valence-electron chi connectivity index (χ1n) is 11.0. The predicted octanol–water partition coefficient (Wildman–Crippen LogP) is 3.42. The van der Waals surface area contributed by atoms with Crippen LogP contribution in [0.2, 0.25) is 0 Å². The number of hydrogen-bond donors (Lipinski definition) is 4. The summed E-state index contributed by atoms with van der Waals surface area (Å²) < 4.78 is 1.58. The number of nitrogen functional groups attached to an aromatic ring is 2. The normalized spacial score (nSPS) is 10.8. The standard InChI is InChI=1S/C27H25N5O3/c1-16-31-25(30)23(14-17-6-12-20(13-7-17)27(34)35)26(33)32(16)15-18-8-10-19(11-9-18)21-4-2-3-5-22(21)24(28)29/h2-13H,14-15,30H2,1H3,(H3,28,29)(H,34,35). The zero-order valence-corrected chi connectivity index (χ0v) is 19.2. The number of rotatable bonds is 7. The third-order valence-corrected chi connectivity index (χ3v) is 5.89. The number of hydrogen-bond acceptors (Lipinski definition) is 5. The summed E-state index contributed by atoms with van der Waals surface area (Å²) in [5, 5.41) is 16.9. The Morgan fingerprint density at radius 1 is 1.00 bits per heavy atom. The smallest absolute Gasteiger partial charge is 0.335 e. The van der Waals surface area contributed by atoms with Crippen LogP contribution in [0.15, 0.2) is 77.6 Å². The van der Waals surface area contributed by atoms with Crippen molar-refractivity contribution in [1.29, 1.82) is 5.41 Å². The van der Waals surface area contributed by atoms with Crippen LogP contribution in [0.4, 0.5) is 5.82 Å². The van der Waals surface area contributed by atoms with Gasteiger partial charge >= 0.3 is 5.97 Å². The molecule has 6 N–H and O–H groups in total. The van der Waals surface area contributed by atoms with Gasteiger partial charge in [-0.1, -0.05) is 60.7 Å². The van der Waals surface area contributed by atoms with Gasteiger partial charge in [0.1, 0.15) is 17.5 Å². The first kappa shape index (κ1) is 23.4. The second-order valence-corrected chi connectivity index (χ2v) is 8.25. The largest absolute Gasteiger partial charge is 0.478 e. The van der Waals surface area contributed by atoms with Crippen molar-refractivity contribution < 1.29 is 9.90 Å². The molecule has 8 nitrogen and oxygen atoms in total. The van der Waals surface area contributed by atoms with Crippen molar-refractivity contribution >= 4 is 17.6 Å². The number of benzene rings is 3. The molecule has 0 aliphatic heterocycles. The third kappa shape index (κ3) is 4.96. The van der Waals surface area contributed by atoms with Crippen LogP contribution in [0.3, 0.4) is 0 Å². The van der Waals surface area contributed by atoms with Crippen molar-refractivity contribution in [2.45, 2.75) is 19.9 Å². The minimum atomic E-state index is -1.01. The molecule has 35 heavy (non-hydrogen) atoms. The van der Waals surface area contributed by atoms with Crippen molar-refractivity contribution in [3.8, 4) is 11.1 Å². The van der Waals surface area contributed by atoms with Gasteiger partial charge in [0.2, 0.25) is 0 Å². The van der Waals surface area contributed by atoms with Crippen LogP contribution >= 0.6 is 0 Å². The van der Waals surface area contributed by atoms with Crippen LogP contribution in [0.1, 0.15) is 38.4 Å². The number of aromatic nitrogens is 2. The van der Waals surface area contributed by atoms with Gasteiger partial charge in [-0.15, -0.1) is 0 Å². The van der Waals surface area contributed by atoms with E-state index < -0.39 is 5.97 Å². The Labute approximate surface area is 202 Å². The van der Waals surface area contributed by atoms with Gasteiger partial charge in [-0.2, -0.15) is 0 Å². The van der Waals surface area contributed by atoms with Gasteiger partial charge in [0, 0.05) is 12.0 Å². The number of aromatic carboxylic acids is 1. The maximum atomic E-state index is 13.3. The van der Waals surface area contributed by atoms with Gasteiger partial charge in [0.25, 0.3) is 5.56 Å². The molecule has 1 aromatic heterocycles. The number of carbonyl (C=O) groups is 1. The van der Waals surface area contributed by atoms with Crippen LogP contribution in [-0.2, 0) is 13.0 Å². The quantitative estimate of drug-likeness (QED) is 0.242. The number of nitrogens with two attached hydrogens (primary N) is 2. The SMILES string of the molecule is Cc1nc(N)c(Cc2ccc(C(=O)O)cc2)c(=O)n1Cc1ccc(-c2ccccc2C(=N)N)cc1. The zero-order valence-electron chi connectivity index (χ0n) is 19.2. The molecule has 0 aliphatic carbocycles. The lowest BCUT2D eigenvalue weighted by atomic mass is 9.98. The molecular weight excluding hydrogens is 442 g/mol. The average molecular weight is 468 g/mol. The third-order valence-electron chi connectivity index (χ3n) is 5.89. The Morgan fingerprint density at radius 2 is 1.63 bits per heavy atom. The van der Waals surface area contributed by atoms with E-state index in [2.05, 4.69) is 4.98 Å². The van der Waals surface area contributed by atoms with Crippen LogP contribution < -0.4 is 17.0 Å². The summed E-state index contributed by atoms with van der Waals surface area (Å²) in [6.07, 6.45) is 0.249. The molecule has 0 radical (unpaired) electrons. The Hall–Kier alpha value is -4.72. The van der Waals surface area contributed by atoms with Gasteiger partial charge < -0.3 is 16.6 Å². The van der Waals surface area contributed by atoms with E-state index in [0.29, 0.717) is 23.5 Å². The van der Waals surface area contributed by atoms with Crippen molar-refractivity contribution in [1.82, 2.24) is 9.55 Å². The Morgan fingerprint density at radius 3 is 2.26 bits per heavy atom. The topological polar surface area (TPSA) is 148 Å². The van der Waals surface area contributed by atoms with Gasteiger partial charge in [0.15, 0.2) is 0 Å². The Bertz CT molecular complexity index is 1470. The second-order valence-electron chi connectivity index (χ2n) is 8.25. The van der Waals surface area contributed by atoms with Crippen LogP contribution in [0.25, 0.3) is 11.1 Å². The minimum Gasteiger partial charge on any atom is -0.478 e. The summed E-state index contributed by atoms with van der Waals surface area (Å²) in [4.78, 5) is 28.8. The number of carboxylic acids is 1. The molecule has 0 unspecified atom stereocenters. The van der Waals surface area contributed by atoms with E-state index in [1.165, 1.54) is 12.1 Å². The maximum absolute atomic E-state index is 13.3. The number of aryl methyl sites for hydroxylation is 1. The molecule has 0 saturated carbocycles. The van der Waals surface area contributed by atoms with E-state index in [0.717, 1.165) is 22.3 Å². The highest BCUT2D eigenvalue weighted by Gasteiger charge is 2.15. The average Bonchev–Trinajstić information content (AvgIpc) is 2.85. The molecule has 0 fully saturated rings. The molecule has 0 aliphatic rings. The fourth-order valence-electron chi connectivity index (χ4n) is 3.99. The molecule has 4 aromatic rings. The van der Waals surface area contributed by atoms with Crippen molar-refractivity contribution in [3.05, 3.63) is 117 Å². The van der Waals surface area contributed by atoms with E-state index in [1.54, 1.807) is 23.6 Å². The van der Waals surface area contributed by atoms with Gasteiger partial charge in [-0.3, -0.25) is 14.8 Å². The lowest BCUT2D eigenvalue weighted by Crippen LogP contribution is -2.29. The fraction of sp³-hybridized carbons (Fsp3) is 0.111. The first-order chi connectivity index (χ1) is 16.7. The molecule has 176 valence electrons. The molecule has 0 spiro atoms. The fourth-order valence-corrected chi connectivity index (χ4v) is 3.99. The highest BCUT2D eigenvalue weighted by atomic mass is 16.4. The highest BCUT2D eigenvalue weighted by molar-refractivity contribution is 6.01. The molecule has 8 heteroatoms. The number of anilines is 1. The lowest BCUT2D eigenvalue weighted by Gasteiger charge is -2.14. The lowest BCUT2D eigenvalue weighted by molar-refractivity contribution is 0.0697. The van der Waals surface area contributed by atoms with Gasteiger partial charge in [-0.05, 0) is 41.3 Å². The molecule has 0 saturated heterocycles. The van der Waals surface area contributed by atoms with Crippen LogP contribution in [0, 0.1) is 12.3 Å². The van der Waals surface area contributed by atoms with Crippen LogP contribution in [0.5, 0.6) is 0 Å². The van der Waals surface area contributed by atoms with E-state index in [-0.39, 0.29) is 29.2 Å². The van der Waals surface area contributed by atoms with E-state index in [1.807, 2.05) is 48.5 Å². The zero-order chi connectivity index (χ0) is 25.1. The molecule has 1 heterocycles. The molecule has 3 aromatic carbocycles. The number of nitrogens with zero attached hydrogens (tertiary/aromatic N) is 2. The number of amidine groups is 1. The highest BCUT2D eigenvalue weighted by Crippen LogP contribution is 2.24. The molecule has 0 atom stereocenters. The summed E-state index contributed by atoms with van der Waals surface area (Å²) in [7, 11) is 0. The monoisotopic (exact) mass is 467 g/mol. The predicted molar refractivity (Wildman–Crippen MR) is 136 cm³/mol. The summed E-state index contributed by atoms with van der Waals surface area (Å²) in [6.45, 7) is 2.05. The van der Waals surface area contributed by atoms with E-state index in [9.17, 15) is 9.59 Å².